The van der Waals surface area contributed by atoms with Gasteiger partial charge in [0.15, 0.2) is 0 Å². The Morgan fingerprint density at radius 1 is 1.36 bits per heavy atom. The third-order valence-electron chi connectivity index (χ3n) is 2.81. The summed E-state index contributed by atoms with van der Waals surface area (Å²) in [5.41, 5.74) is 0.452. The van der Waals surface area contributed by atoms with Crippen LogP contribution in [0.2, 0.25) is 0 Å². The molecular weight excluding hydrogens is 134 g/mol. The van der Waals surface area contributed by atoms with Gasteiger partial charge in [0.1, 0.15) is 0 Å². The fraction of sp³-hybridized carbons (Fsp3) is 1.00. The zero-order valence-electron chi connectivity index (χ0n) is 8.44. The second-order valence-electron chi connectivity index (χ2n) is 4.92. The van der Waals surface area contributed by atoms with Crippen LogP contribution in [0, 0.1) is 11.3 Å². The predicted molar refractivity (Wildman–Crippen MR) is 49.6 cm³/mol. The predicted octanol–water partition coefficient (Wildman–Crippen LogP) is 2.42. The van der Waals surface area contributed by atoms with Gasteiger partial charge in [-0.05, 0) is 11.3 Å². The van der Waals surface area contributed by atoms with Crippen LogP contribution in [0.4, 0.5) is 0 Å². The summed E-state index contributed by atoms with van der Waals surface area (Å²) >= 11 is 0. The normalized spacial score (nSPS) is 33.5. The Balaban J connectivity index is 2.37. The average molecular weight is 155 g/mol. The molecule has 0 aromatic carbocycles. The van der Waals surface area contributed by atoms with Gasteiger partial charge in [-0.1, -0.05) is 41.0 Å². The maximum atomic E-state index is 3.56. The number of rotatable bonds is 2. The van der Waals surface area contributed by atoms with E-state index in [1.807, 2.05) is 0 Å². The van der Waals surface area contributed by atoms with Gasteiger partial charge in [-0.3, -0.25) is 0 Å². The molecule has 1 saturated heterocycles. The Hall–Kier alpha value is -0.0400. The molecule has 66 valence electrons. The molecule has 1 aliphatic rings. The molecule has 0 aromatic heterocycles. The summed E-state index contributed by atoms with van der Waals surface area (Å²) in [7, 11) is 0. The van der Waals surface area contributed by atoms with Gasteiger partial charge in [0.05, 0.1) is 0 Å². The molecule has 0 spiro atoms. The fourth-order valence-electron chi connectivity index (χ4n) is 1.69. The first-order chi connectivity index (χ1) is 4.96. The first kappa shape index (κ1) is 9.05. The third kappa shape index (κ3) is 1.96. The fourth-order valence-corrected chi connectivity index (χ4v) is 1.69. The largest absolute Gasteiger partial charge is 0.307 e. The highest BCUT2D eigenvalue weighted by molar-refractivity contribution is 5.06. The summed E-state index contributed by atoms with van der Waals surface area (Å²) < 4.78 is 0. The molecule has 11 heavy (non-hydrogen) atoms. The van der Waals surface area contributed by atoms with Crippen molar-refractivity contribution in [1.29, 1.82) is 0 Å². The van der Waals surface area contributed by atoms with Crippen LogP contribution in [0.25, 0.3) is 0 Å². The second-order valence-corrected chi connectivity index (χ2v) is 4.92. The minimum absolute atomic E-state index is 0.452. The summed E-state index contributed by atoms with van der Waals surface area (Å²) in [4.78, 5) is 0. The van der Waals surface area contributed by atoms with E-state index in [-0.39, 0.29) is 0 Å². The SMILES string of the molecule is CCC(C)C1NC1C(C)(C)C. The average Bonchev–Trinajstić information content (AvgIpc) is 2.62. The monoisotopic (exact) mass is 155 g/mol. The van der Waals surface area contributed by atoms with Crippen LogP contribution in [0.15, 0.2) is 0 Å². The van der Waals surface area contributed by atoms with Gasteiger partial charge in [-0.2, -0.15) is 0 Å². The Morgan fingerprint density at radius 3 is 2.18 bits per heavy atom. The minimum Gasteiger partial charge on any atom is -0.307 e. The quantitative estimate of drug-likeness (QED) is 0.608. The van der Waals surface area contributed by atoms with E-state index in [0.717, 1.165) is 18.0 Å². The smallest absolute Gasteiger partial charge is 0.0275 e. The van der Waals surface area contributed by atoms with Crippen LogP contribution in [-0.2, 0) is 0 Å². The van der Waals surface area contributed by atoms with Crippen LogP contribution in [0.1, 0.15) is 41.0 Å². The van der Waals surface area contributed by atoms with E-state index in [4.69, 9.17) is 0 Å². The molecule has 3 unspecified atom stereocenters. The van der Waals surface area contributed by atoms with Crippen LogP contribution in [-0.4, -0.2) is 12.1 Å². The van der Waals surface area contributed by atoms with Crippen molar-refractivity contribution in [2.24, 2.45) is 11.3 Å². The van der Waals surface area contributed by atoms with Crippen molar-refractivity contribution >= 4 is 0 Å². The lowest BCUT2D eigenvalue weighted by molar-refractivity contribution is 0.377. The number of hydrogen-bond donors (Lipinski definition) is 1. The lowest BCUT2D eigenvalue weighted by atomic mass is 9.86. The zero-order chi connectivity index (χ0) is 8.65. The van der Waals surface area contributed by atoms with Gasteiger partial charge in [0, 0.05) is 12.1 Å². The van der Waals surface area contributed by atoms with Crippen molar-refractivity contribution < 1.29 is 0 Å². The summed E-state index contributed by atoms with van der Waals surface area (Å²) in [6.45, 7) is 11.5. The zero-order valence-corrected chi connectivity index (χ0v) is 8.44. The third-order valence-corrected chi connectivity index (χ3v) is 2.81. The first-order valence-corrected chi connectivity index (χ1v) is 4.73. The Morgan fingerprint density at radius 2 is 1.91 bits per heavy atom. The number of hydrogen-bond acceptors (Lipinski definition) is 1. The highest BCUT2D eigenvalue weighted by Gasteiger charge is 2.46. The molecule has 0 amide bonds. The first-order valence-electron chi connectivity index (χ1n) is 4.73. The van der Waals surface area contributed by atoms with Gasteiger partial charge in [-0.25, -0.2) is 0 Å². The highest BCUT2D eigenvalue weighted by Crippen LogP contribution is 2.35. The van der Waals surface area contributed by atoms with Gasteiger partial charge in [0.25, 0.3) is 0 Å². The molecule has 1 fully saturated rings. The van der Waals surface area contributed by atoms with Crippen LogP contribution < -0.4 is 5.32 Å². The molecular formula is C10H21N. The molecule has 1 nitrogen and oxygen atoms in total. The Bertz CT molecular complexity index is 134. The molecule has 0 bridgehead atoms. The molecule has 1 heterocycles. The van der Waals surface area contributed by atoms with Gasteiger partial charge in [0.2, 0.25) is 0 Å². The van der Waals surface area contributed by atoms with Crippen molar-refractivity contribution in [3.05, 3.63) is 0 Å². The Labute approximate surface area is 70.6 Å². The van der Waals surface area contributed by atoms with E-state index in [1.54, 1.807) is 0 Å². The van der Waals surface area contributed by atoms with Crippen LogP contribution in [0.3, 0.4) is 0 Å². The molecule has 1 aliphatic heterocycles. The van der Waals surface area contributed by atoms with Crippen molar-refractivity contribution in [3.63, 3.8) is 0 Å². The van der Waals surface area contributed by atoms with E-state index in [0.29, 0.717) is 5.41 Å². The van der Waals surface area contributed by atoms with E-state index in [9.17, 15) is 0 Å². The lowest BCUT2D eigenvalue weighted by Gasteiger charge is -2.17. The summed E-state index contributed by atoms with van der Waals surface area (Å²) in [6.07, 6.45) is 1.30. The van der Waals surface area contributed by atoms with Crippen molar-refractivity contribution in [1.82, 2.24) is 5.32 Å². The standard InChI is InChI=1S/C10H21N/c1-6-7(2)8-9(11-8)10(3,4)5/h7-9,11H,6H2,1-5H3. The molecule has 0 radical (unpaired) electrons. The maximum absolute atomic E-state index is 3.56. The number of nitrogens with one attached hydrogen (secondary N) is 1. The summed E-state index contributed by atoms with van der Waals surface area (Å²) in [5, 5.41) is 3.56. The van der Waals surface area contributed by atoms with E-state index in [1.165, 1.54) is 6.42 Å². The van der Waals surface area contributed by atoms with E-state index in [2.05, 4.69) is 39.9 Å². The molecule has 1 rings (SSSR count). The highest BCUT2D eigenvalue weighted by atomic mass is 15.2. The molecule has 0 saturated carbocycles. The van der Waals surface area contributed by atoms with Crippen molar-refractivity contribution in [2.75, 3.05) is 0 Å². The van der Waals surface area contributed by atoms with Gasteiger partial charge < -0.3 is 5.32 Å². The van der Waals surface area contributed by atoms with Crippen molar-refractivity contribution in [3.8, 4) is 0 Å². The van der Waals surface area contributed by atoms with Crippen LogP contribution in [0.5, 0.6) is 0 Å². The summed E-state index contributed by atoms with van der Waals surface area (Å²) in [5.74, 6) is 0.847. The topological polar surface area (TPSA) is 21.9 Å². The van der Waals surface area contributed by atoms with Gasteiger partial charge in [-0.15, -0.1) is 0 Å². The molecule has 3 atom stereocenters. The summed E-state index contributed by atoms with van der Waals surface area (Å²) in [6, 6.07) is 1.55. The molecule has 1 heteroatoms. The van der Waals surface area contributed by atoms with E-state index < -0.39 is 0 Å². The van der Waals surface area contributed by atoms with Gasteiger partial charge >= 0.3 is 0 Å². The van der Waals surface area contributed by atoms with Crippen LogP contribution >= 0.6 is 0 Å². The Kier molecular flexibility index (Phi) is 2.29. The molecule has 0 aliphatic carbocycles. The minimum atomic E-state index is 0.452. The second kappa shape index (κ2) is 2.78. The van der Waals surface area contributed by atoms with E-state index >= 15 is 0 Å². The molecule has 1 N–H and O–H groups in total. The maximum Gasteiger partial charge on any atom is 0.0275 e. The van der Waals surface area contributed by atoms with Crippen molar-refractivity contribution in [2.45, 2.75) is 53.1 Å². The lowest BCUT2D eigenvalue weighted by Crippen LogP contribution is -2.19. The molecule has 0 aromatic rings.